The van der Waals surface area contributed by atoms with Gasteiger partial charge in [0.05, 0.1) is 11.3 Å². The van der Waals surface area contributed by atoms with Gasteiger partial charge in [-0.25, -0.2) is 0 Å². The Balaban J connectivity index is 0.00000208. The molecular weight excluding hydrogens is 324 g/mol. The molecule has 24 heavy (non-hydrogen) atoms. The van der Waals surface area contributed by atoms with Gasteiger partial charge in [-0.1, -0.05) is 30.3 Å². The van der Waals surface area contributed by atoms with Crippen LogP contribution in [0, 0.1) is 13.8 Å². The van der Waals surface area contributed by atoms with Gasteiger partial charge in [0.25, 0.3) is 5.91 Å². The highest BCUT2D eigenvalue weighted by Gasteiger charge is 2.35. The molecule has 1 saturated heterocycles. The van der Waals surface area contributed by atoms with Crippen LogP contribution in [0.2, 0.25) is 0 Å². The van der Waals surface area contributed by atoms with Gasteiger partial charge < -0.3 is 10.6 Å². The fourth-order valence-electron chi connectivity index (χ4n) is 3.52. The molecule has 1 aliphatic rings. The van der Waals surface area contributed by atoms with Gasteiger partial charge in [-0.3, -0.25) is 9.48 Å². The highest BCUT2D eigenvalue weighted by Crippen LogP contribution is 2.28. The Hall–Kier alpha value is -1.85. The van der Waals surface area contributed by atoms with Crippen LogP contribution in [0.15, 0.2) is 30.3 Å². The Bertz CT molecular complexity index is 713. The van der Waals surface area contributed by atoms with E-state index in [1.807, 2.05) is 48.6 Å². The molecule has 0 aliphatic carbocycles. The van der Waals surface area contributed by atoms with Gasteiger partial charge in [-0.05, 0) is 26.3 Å². The van der Waals surface area contributed by atoms with E-state index < -0.39 is 0 Å². The van der Waals surface area contributed by atoms with Gasteiger partial charge >= 0.3 is 0 Å². The summed E-state index contributed by atoms with van der Waals surface area (Å²) in [4.78, 5) is 14.8. The lowest BCUT2D eigenvalue weighted by Gasteiger charge is -2.17. The Morgan fingerprint density at radius 1 is 1.25 bits per heavy atom. The molecule has 2 atom stereocenters. The topological polar surface area (TPSA) is 64.2 Å². The maximum Gasteiger partial charge on any atom is 0.257 e. The van der Waals surface area contributed by atoms with Crippen molar-refractivity contribution in [1.29, 1.82) is 0 Å². The Kier molecular flexibility index (Phi) is 5.67. The molecule has 1 aromatic heterocycles. The average Bonchev–Trinajstić information content (AvgIpc) is 3.07. The smallest absolute Gasteiger partial charge is 0.257 e. The van der Waals surface area contributed by atoms with Crippen LogP contribution in [0.1, 0.15) is 40.2 Å². The number of likely N-dealkylation sites (tertiary alicyclic amines) is 1. The van der Waals surface area contributed by atoms with E-state index in [1.165, 1.54) is 5.56 Å². The van der Waals surface area contributed by atoms with Crippen LogP contribution in [-0.4, -0.2) is 39.7 Å². The third-order valence-corrected chi connectivity index (χ3v) is 4.77. The minimum absolute atomic E-state index is 0. The molecule has 0 radical (unpaired) electrons. The number of halogens is 1. The second-order valence-electron chi connectivity index (χ2n) is 6.25. The molecule has 2 aromatic rings. The maximum atomic E-state index is 13.0. The van der Waals surface area contributed by atoms with Crippen LogP contribution >= 0.6 is 12.4 Å². The number of benzene rings is 1. The first-order valence-corrected chi connectivity index (χ1v) is 8.16. The van der Waals surface area contributed by atoms with Crippen LogP contribution in [0.3, 0.4) is 0 Å². The predicted molar refractivity (Wildman–Crippen MR) is 97.7 cm³/mol. The van der Waals surface area contributed by atoms with Crippen molar-refractivity contribution in [2.45, 2.75) is 39.3 Å². The predicted octanol–water partition coefficient (Wildman–Crippen LogP) is 2.51. The zero-order chi connectivity index (χ0) is 16.6. The van der Waals surface area contributed by atoms with Crippen molar-refractivity contribution in [1.82, 2.24) is 14.7 Å². The largest absolute Gasteiger partial charge is 0.336 e. The number of hydrogen-bond donors (Lipinski definition) is 1. The third-order valence-electron chi connectivity index (χ3n) is 4.77. The lowest BCUT2D eigenvalue weighted by molar-refractivity contribution is 0.0787. The van der Waals surface area contributed by atoms with Crippen molar-refractivity contribution in [3.8, 4) is 0 Å². The molecule has 3 rings (SSSR count). The Morgan fingerprint density at radius 3 is 2.50 bits per heavy atom. The van der Waals surface area contributed by atoms with Gasteiger partial charge in [0.2, 0.25) is 0 Å². The first-order chi connectivity index (χ1) is 11.0. The van der Waals surface area contributed by atoms with Crippen molar-refractivity contribution in [2.75, 3.05) is 13.1 Å². The second kappa shape index (κ2) is 7.36. The van der Waals surface area contributed by atoms with Gasteiger partial charge in [0.1, 0.15) is 0 Å². The summed E-state index contributed by atoms with van der Waals surface area (Å²) in [5, 5.41) is 4.46. The molecule has 1 aromatic carbocycles. The number of carbonyl (C=O) groups is 1. The molecule has 0 spiro atoms. The van der Waals surface area contributed by atoms with E-state index in [9.17, 15) is 4.79 Å². The zero-order valence-corrected chi connectivity index (χ0v) is 15.2. The highest BCUT2D eigenvalue weighted by molar-refractivity contribution is 5.96. The number of amides is 1. The van der Waals surface area contributed by atoms with Crippen molar-refractivity contribution in [3.05, 3.63) is 52.8 Å². The number of nitrogens with two attached hydrogens (primary N) is 1. The Labute approximate surface area is 149 Å². The second-order valence-corrected chi connectivity index (χ2v) is 6.25. The van der Waals surface area contributed by atoms with Crippen molar-refractivity contribution < 1.29 is 4.79 Å². The lowest BCUT2D eigenvalue weighted by atomic mass is 9.95. The van der Waals surface area contributed by atoms with E-state index in [4.69, 9.17) is 5.73 Å². The zero-order valence-electron chi connectivity index (χ0n) is 14.4. The van der Waals surface area contributed by atoms with Crippen molar-refractivity contribution >= 4 is 18.3 Å². The first-order valence-electron chi connectivity index (χ1n) is 8.16. The van der Waals surface area contributed by atoms with Gasteiger partial charge in [0, 0.05) is 37.3 Å². The molecule has 0 saturated carbocycles. The molecule has 5 nitrogen and oxygen atoms in total. The minimum atomic E-state index is -0.0248. The maximum absolute atomic E-state index is 13.0. The monoisotopic (exact) mass is 348 g/mol. The van der Waals surface area contributed by atoms with E-state index in [0.717, 1.165) is 23.5 Å². The molecular formula is C18H25ClN4O. The van der Waals surface area contributed by atoms with Crippen LogP contribution < -0.4 is 5.73 Å². The van der Waals surface area contributed by atoms with Crippen LogP contribution in [0.25, 0.3) is 0 Å². The molecule has 1 amide bonds. The number of hydrogen-bond acceptors (Lipinski definition) is 3. The first kappa shape index (κ1) is 18.5. The number of aromatic nitrogens is 2. The molecule has 6 heteroatoms. The summed E-state index contributed by atoms with van der Waals surface area (Å²) >= 11 is 0. The molecule has 2 heterocycles. The van der Waals surface area contributed by atoms with Crippen molar-refractivity contribution in [3.63, 3.8) is 0 Å². The van der Waals surface area contributed by atoms with Gasteiger partial charge in [0.15, 0.2) is 0 Å². The number of nitrogens with zero attached hydrogens (tertiary/aromatic N) is 3. The molecule has 0 bridgehead atoms. The molecule has 130 valence electrons. The summed E-state index contributed by atoms with van der Waals surface area (Å²) in [5.74, 6) is 0.246. The van der Waals surface area contributed by atoms with Crippen molar-refractivity contribution in [2.24, 2.45) is 5.73 Å². The van der Waals surface area contributed by atoms with Gasteiger partial charge in [-0.15, -0.1) is 12.4 Å². The lowest BCUT2D eigenvalue weighted by Crippen LogP contribution is -2.32. The van der Waals surface area contributed by atoms with Crippen LogP contribution in [-0.2, 0) is 6.54 Å². The molecule has 2 N–H and O–H groups in total. The average molecular weight is 349 g/mol. The van der Waals surface area contributed by atoms with E-state index in [1.54, 1.807) is 0 Å². The van der Waals surface area contributed by atoms with E-state index in [2.05, 4.69) is 17.2 Å². The van der Waals surface area contributed by atoms with Crippen LogP contribution in [0.5, 0.6) is 0 Å². The molecule has 1 aliphatic heterocycles. The minimum Gasteiger partial charge on any atom is -0.336 e. The van der Waals surface area contributed by atoms with E-state index in [0.29, 0.717) is 13.1 Å². The summed E-state index contributed by atoms with van der Waals surface area (Å²) in [7, 11) is 0. The normalized spacial score (nSPS) is 20.1. The number of rotatable bonds is 3. The van der Waals surface area contributed by atoms with E-state index in [-0.39, 0.29) is 30.3 Å². The van der Waals surface area contributed by atoms with E-state index >= 15 is 0 Å². The van der Waals surface area contributed by atoms with Gasteiger partial charge in [-0.2, -0.15) is 5.10 Å². The number of carbonyl (C=O) groups excluding carboxylic acids is 1. The fraction of sp³-hybridized carbons (Fsp3) is 0.444. The molecule has 0 unspecified atom stereocenters. The summed E-state index contributed by atoms with van der Waals surface area (Å²) in [6.07, 6.45) is 0. The fourth-order valence-corrected chi connectivity index (χ4v) is 3.52. The quantitative estimate of drug-likeness (QED) is 0.926. The summed E-state index contributed by atoms with van der Waals surface area (Å²) < 4.78 is 1.88. The van der Waals surface area contributed by atoms with Crippen LogP contribution in [0.4, 0.5) is 0 Å². The third kappa shape index (κ3) is 3.19. The standard InChI is InChI=1S/C18H24N4O.ClH/c1-4-22-13(3)17(12(2)20-22)18(23)21-10-15(16(19)11-21)14-8-6-5-7-9-14;/h5-9,15-16H,4,10-11,19H2,1-3H3;1H/t15-,16+;/m0./s1. The SMILES string of the molecule is CCn1nc(C)c(C(=O)N2C[C@@H](N)[C@H](c3ccccc3)C2)c1C.Cl. The summed E-state index contributed by atoms with van der Waals surface area (Å²) in [6, 6.07) is 10.2. The highest BCUT2D eigenvalue weighted by atomic mass is 35.5. The summed E-state index contributed by atoms with van der Waals surface area (Å²) in [6.45, 7) is 7.92. The Morgan fingerprint density at radius 2 is 1.92 bits per heavy atom. The molecule has 1 fully saturated rings. The summed E-state index contributed by atoms with van der Waals surface area (Å²) in [5.41, 5.74) is 9.98. The number of aryl methyl sites for hydroxylation is 2.